The molecular weight excluding hydrogens is 540 g/mol. The van der Waals surface area contributed by atoms with Gasteiger partial charge in [-0.3, -0.25) is 19.6 Å². The number of amides is 2. The Morgan fingerprint density at radius 3 is 2.54 bits per heavy atom. The van der Waals surface area contributed by atoms with Crippen molar-refractivity contribution in [1.82, 2.24) is 15.3 Å². The Bertz CT molecular complexity index is 1430. The number of anilines is 1. The van der Waals surface area contributed by atoms with E-state index < -0.39 is 46.9 Å². The number of alkyl halides is 2. The topological polar surface area (TPSA) is 95.4 Å². The largest absolute Gasteiger partial charge is 0.370 e. The minimum Gasteiger partial charge on any atom is -0.370 e. The van der Waals surface area contributed by atoms with Gasteiger partial charge in [0.15, 0.2) is 5.82 Å². The zero-order valence-corrected chi connectivity index (χ0v) is 21.1. The number of hydrogen-bond acceptors (Lipinski definition) is 5. The molecule has 3 aromatic rings. The smallest absolute Gasteiger partial charge is 0.281 e. The van der Waals surface area contributed by atoms with Gasteiger partial charge in [0.05, 0.1) is 22.5 Å². The van der Waals surface area contributed by atoms with Crippen LogP contribution in [0.4, 0.5) is 23.2 Å². The van der Waals surface area contributed by atoms with Crippen molar-refractivity contribution in [3.8, 4) is 0 Å². The number of benzene rings is 1. The van der Waals surface area contributed by atoms with E-state index in [2.05, 4.69) is 15.3 Å². The van der Waals surface area contributed by atoms with Crippen LogP contribution in [0.5, 0.6) is 0 Å². The second-order valence-electron chi connectivity index (χ2n) is 9.71. The number of nitrogens with zero attached hydrogens (tertiary/aromatic N) is 3. The summed E-state index contributed by atoms with van der Waals surface area (Å²) in [5, 5.41) is 14.3. The van der Waals surface area contributed by atoms with Gasteiger partial charge in [0.2, 0.25) is 5.60 Å². The van der Waals surface area contributed by atoms with Crippen molar-refractivity contribution in [2.24, 2.45) is 5.92 Å². The first kappa shape index (κ1) is 27.0. The third-order valence-electron chi connectivity index (χ3n) is 7.25. The fourth-order valence-electron chi connectivity index (χ4n) is 5.34. The van der Waals surface area contributed by atoms with Crippen molar-refractivity contribution in [1.29, 1.82) is 0 Å². The summed E-state index contributed by atoms with van der Waals surface area (Å²) >= 11 is 5.85. The maximum absolute atomic E-state index is 14.6. The van der Waals surface area contributed by atoms with Crippen LogP contribution < -0.4 is 10.2 Å². The Morgan fingerprint density at radius 2 is 1.85 bits per heavy atom. The van der Waals surface area contributed by atoms with E-state index in [-0.39, 0.29) is 34.7 Å². The van der Waals surface area contributed by atoms with Crippen molar-refractivity contribution >= 4 is 29.1 Å². The lowest BCUT2D eigenvalue weighted by molar-refractivity contribution is -0.132. The van der Waals surface area contributed by atoms with Gasteiger partial charge in [-0.1, -0.05) is 29.8 Å². The summed E-state index contributed by atoms with van der Waals surface area (Å²) in [5.41, 5.74) is -3.35. The van der Waals surface area contributed by atoms with Crippen LogP contribution in [0.15, 0.2) is 48.8 Å². The van der Waals surface area contributed by atoms with Crippen LogP contribution in [0, 0.1) is 17.6 Å². The summed E-state index contributed by atoms with van der Waals surface area (Å²) in [5.74, 6) is -3.57. The SMILES string of the molecule is O=C(NC1CCC(CN2C(=O)C(O)(c3ncc(F)cc3F)c3ccccc32)CC1)c1cc(Cl)cnc1C(F)F. The van der Waals surface area contributed by atoms with Crippen molar-refractivity contribution in [3.63, 3.8) is 0 Å². The molecule has 2 amide bonds. The molecule has 1 aliphatic heterocycles. The molecule has 204 valence electrons. The number of pyridine rings is 2. The molecule has 0 radical (unpaired) electrons. The van der Waals surface area contributed by atoms with E-state index in [9.17, 15) is 32.3 Å². The van der Waals surface area contributed by atoms with Crippen LogP contribution in [0.2, 0.25) is 5.02 Å². The number of carbonyl (C=O) groups excluding carboxylic acids is 2. The highest BCUT2D eigenvalue weighted by Gasteiger charge is 2.53. The van der Waals surface area contributed by atoms with Crippen molar-refractivity contribution in [2.75, 3.05) is 11.4 Å². The van der Waals surface area contributed by atoms with Crippen molar-refractivity contribution in [2.45, 2.75) is 43.8 Å². The van der Waals surface area contributed by atoms with E-state index in [1.54, 1.807) is 18.2 Å². The summed E-state index contributed by atoms with van der Waals surface area (Å²) in [6.45, 7) is 0.218. The maximum atomic E-state index is 14.6. The van der Waals surface area contributed by atoms with Crippen LogP contribution in [0.3, 0.4) is 0 Å². The Balaban J connectivity index is 1.28. The normalized spacial score (nSPS) is 22.7. The van der Waals surface area contributed by atoms with Gasteiger partial charge >= 0.3 is 0 Å². The van der Waals surface area contributed by atoms with Crippen molar-refractivity contribution < 1.29 is 32.3 Å². The third-order valence-corrected chi connectivity index (χ3v) is 7.46. The quantitative estimate of drug-likeness (QED) is 0.416. The van der Waals surface area contributed by atoms with Crippen LogP contribution in [-0.2, 0) is 10.4 Å². The fourth-order valence-corrected chi connectivity index (χ4v) is 5.50. The van der Waals surface area contributed by atoms with Gasteiger partial charge in [-0.2, -0.15) is 0 Å². The Morgan fingerprint density at radius 1 is 1.13 bits per heavy atom. The summed E-state index contributed by atoms with van der Waals surface area (Å²) < 4.78 is 54.7. The second-order valence-corrected chi connectivity index (χ2v) is 10.1. The molecular formula is C27H23ClF4N4O3. The molecule has 1 aliphatic carbocycles. The van der Waals surface area contributed by atoms with E-state index >= 15 is 0 Å². The van der Waals surface area contributed by atoms with Gasteiger partial charge < -0.3 is 15.3 Å². The molecule has 5 rings (SSSR count). The average Bonchev–Trinajstić information content (AvgIpc) is 3.12. The van der Waals surface area contributed by atoms with E-state index in [4.69, 9.17) is 11.6 Å². The number of nitrogens with one attached hydrogen (secondary N) is 1. The predicted molar refractivity (Wildman–Crippen MR) is 133 cm³/mol. The molecule has 7 nitrogen and oxygen atoms in total. The van der Waals surface area contributed by atoms with Gasteiger partial charge in [-0.25, -0.2) is 17.6 Å². The Hall–Kier alpha value is -3.57. The van der Waals surface area contributed by atoms with Crippen LogP contribution in [0.1, 0.15) is 59.4 Å². The second kappa shape index (κ2) is 10.5. The number of halogens is 5. The van der Waals surface area contributed by atoms with E-state index in [1.165, 1.54) is 11.0 Å². The molecule has 1 unspecified atom stereocenters. The van der Waals surface area contributed by atoms with E-state index in [0.29, 0.717) is 37.4 Å². The zero-order valence-electron chi connectivity index (χ0n) is 20.4. The van der Waals surface area contributed by atoms with Crippen LogP contribution in [0.25, 0.3) is 0 Å². The molecule has 3 heterocycles. The van der Waals surface area contributed by atoms with Gasteiger partial charge in [0.25, 0.3) is 18.2 Å². The minimum absolute atomic E-state index is 0.0204. The van der Waals surface area contributed by atoms with Gasteiger partial charge in [-0.05, 0) is 43.7 Å². The van der Waals surface area contributed by atoms with E-state index in [0.717, 1.165) is 18.5 Å². The molecule has 0 bridgehead atoms. The van der Waals surface area contributed by atoms with Gasteiger partial charge in [0, 0.05) is 30.4 Å². The third kappa shape index (κ3) is 4.96. The molecule has 1 fully saturated rings. The summed E-state index contributed by atoms with van der Waals surface area (Å²) in [4.78, 5) is 34.9. The molecule has 1 atom stereocenters. The molecule has 0 saturated heterocycles. The molecule has 1 aromatic carbocycles. The minimum atomic E-state index is -2.93. The van der Waals surface area contributed by atoms with Crippen molar-refractivity contribution in [3.05, 3.63) is 88.0 Å². The summed E-state index contributed by atoms with van der Waals surface area (Å²) in [6, 6.07) is 7.87. The zero-order chi connectivity index (χ0) is 27.9. The highest BCUT2D eigenvalue weighted by Crippen LogP contribution is 2.45. The predicted octanol–water partition coefficient (Wildman–Crippen LogP) is 4.92. The number of aromatic nitrogens is 2. The number of fused-ring (bicyclic) bond motifs is 1. The standard InChI is InChI=1S/C27H23ClF4N4O3/c28-15-9-18(22(24(31)32)33-11-15)25(37)35-17-7-5-14(6-8-17)13-36-21-4-2-1-3-19(21)27(39,26(36)38)23-20(30)10-16(29)12-34-23/h1-4,9-12,14,17,24,39H,5-8,13H2,(H,35,37). The van der Waals surface area contributed by atoms with E-state index in [1.807, 2.05) is 0 Å². The highest BCUT2D eigenvalue weighted by atomic mass is 35.5. The molecule has 12 heteroatoms. The average molecular weight is 563 g/mol. The lowest BCUT2D eigenvalue weighted by atomic mass is 9.85. The summed E-state index contributed by atoms with van der Waals surface area (Å²) in [6.07, 6.45) is 1.10. The summed E-state index contributed by atoms with van der Waals surface area (Å²) in [7, 11) is 0. The van der Waals surface area contributed by atoms with Crippen LogP contribution in [-0.4, -0.2) is 39.5 Å². The van der Waals surface area contributed by atoms with Gasteiger partial charge in [-0.15, -0.1) is 0 Å². The van der Waals surface area contributed by atoms with Crippen LogP contribution >= 0.6 is 11.6 Å². The number of carbonyl (C=O) groups is 2. The Kier molecular flexibility index (Phi) is 7.30. The lowest BCUT2D eigenvalue weighted by Crippen LogP contribution is -2.45. The first-order chi connectivity index (χ1) is 18.6. The van der Waals surface area contributed by atoms with Gasteiger partial charge in [0.1, 0.15) is 17.2 Å². The lowest BCUT2D eigenvalue weighted by Gasteiger charge is -2.32. The monoisotopic (exact) mass is 562 g/mol. The molecule has 2 aromatic heterocycles. The molecule has 0 spiro atoms. The number of aliphatic hydroxyl groups is 1. The number of rotatable bonds is 6. The highest BCUT2D eigenvalue weighted by molar-refractivity contribution is 6.30. The fraction of sp³-hybridized carbons (Fsp3) is 0.333. The maximum Gasteiger partial charge on any atom is 0.281 e. The number of hydrogen-bond donors (Lipinski definition) is 2. The molecule has 1 saturated carbocycles. The first-order valence-corrected chi connectivity index (χ1v) is 12.7. The Labute approximate surface area is 225 Å². The molecule has 39 heavy (non-hydrogen) atoms. The number of para-hydroxylation sites is 1. The first-order valence-electron chi connectivity index (χ1n) is 12.3. The molecule has 2 N–H and O–H groups in total. The molecule has 2 aliphatic rings.